The number of nitrogens with one attached hydrogen (secondary N) is 1. The summed E-state index contributed by atoms with van der Waals surface area (Å²) >= 11 is 5.94. The first kappa shape index (κ1) is 18.1. The highest BCUT2D eigenvalue weighted by atomic mass is 35.5. The van der Waals surface area contributed by atoms with Crippen LogP contribution in [-0.4, -0.2) is 18.6 Å². The predicted octanol–water partition coefficient (Wildman–Crippen LogP) is 4.21. The molecule has 0 aliphatic carbocycles. The molecular weight excluding hydrogens is 326 g/mol. The second kappa shape index (κ2) is 9.18. The van der Waals surface area contributed by atoms with Crippen LogP contribution in [0, 0.1) is 0 Å². The Hall–Kier alpha value is -2.20. The normalized spacial score (nSPS) is 11.6. The summed E-state index contributed by atoms with van der Waals surface area (Å²) in [6, 6.07) is 14.7. The number of carbonyl (C=O) groups excluding carboxylic acids is 1. The second-order valence-electron chi connectivity index (χ2n) is 5.27. The first-order valence-electron chi connectivity index (χ1n) is 8.04. The van der Waals surface area contributed by atoms with E-state index in [4.69, 9.17) is 21.1 Å². The molecule has 0 spiro atoms. The van der Waals surface area contributed by atoms with Gasteiger partial charge in [-0.25, -0.2) is 0 Å². The molecule has 1 amide bonds. The van der Waals surface area contributed by atoms with Gasteiger partial charge in [-0.1, -0.05) is 36.7 Å². The van der Waals surface area contributed by atoms with E-state index in [1.54, 1.807) is 24.3 Å². The van der Waals surface area contributed by atoms with Crippen molar-refractivity contribution in [1.82, 2.24) is 5.32 Å². The van der Waals surface area contributed by atoms with E-state index in [9.17, 15) is 4.79 Å². The lowest BCUT2D eigenvalue weighted by molar-refractivity contribution is -0.128. The Labute approximate surface area is 147 Å². The minimum Gasteiger partial charge on any atom is -0.494 e. The van der Waals surface area contributed by atoms with Crippen molar-refractivity contribution in [3.8, 4) is 11.5 Å². The number of amides is 1. The molecule has 1 atom stereocenters. The van der Waals surface area contributed by atoms with Gasteiger partial charge in [-0.15, -0.1) is 0 Å². The van der Waals surface area contributed by atoms with Crippen LogP contribution < -0.4 is 14.8 Å². The van der Waals surface area contributed by atoms with Crippen molar-refractivity contribution in [2.75, 3.05) is 6.61 Å². The van der Waals surface area contributed by atoms with E-state index in [2.05, 4.69) is 5.32 Å². The Morgan fingerprint density at radius 3 is 2.50 bits per heavy atom. The molecule has 0 bridgehead atoms. The lowest BCUT2D eigenvalue weighted by Crippen LogP contribution is -2.37. The van der Waals surface area contributed by atoms with Gasteiger partial charge in [0.1, 0.15) is 11.5 Å². The Morgan fingerprint density at radius 1 is 1.12 bits per heavy atom. The summed E-state index contributed by atoms with van der Waals surface area (Å²) in [4.78, 5) is 12.3. The molecule has 4 nitrogen and oxygen atoms in total. The van der Waals surface area contributed by atoms with Crippen LogP contribution >= 0.6 is 11.6 Å². The van der Waals surface area contributed by atoms with Gasteiger partial charge >= 0.3 is 0 Å². The average Bonchev–Trinajstić information content (AvgIpc) is 2.59. The van der Waals surface area contributed by atoms with Gasteiger partial charge in [0.15, 0.2) is 6.10 Å². The van der Waals surface area contributed by atoms with Crippen LogP contribution in [0.15, 0.2) is 48.5 Å². The van der Waals surface area contributed by atoms with Gasteiger partial charge < -0.3 is 14.8 Å². The molecule has 2 rings (SSSR count). The van der Waals surface area contributed by atoms with Crippen molar-refractivity contribution in [1.29, 1.82) is 0 Å². The minimum atomic E-state index is -0.550. The number of carbonyl (C=O) groups is 1. The standard InChI is InChI=1S/C19H22ClNO3/c1-3-18(24-17-7-5-6-15(20)12-17)19(22)21-13-14-8-10-16(11-9-14)23-4-2/h5-12,18H,3-4,13H2,1-2H3,(H,21,22). The molecule has 2 aromatic rings. The largest absolute Gasteiger partial charge is 0.494 e. The Balaban J connectivity index is 1.89. The summed E-state index contributed by atoms with van der Waals surface area (Å²) in [5.41, 5.74) is 1.00. The molecule has 0 aliphatic rings. The van der Waals surface area contributed by atoms with Crippen LogP contribution in [0.2, 0.25) is 5.02 Å². The Bertz CT molecular complexity index is 658. The summed E-state index contributed by atoms with van der Waals surface area (Å²) in [5.74, 6) is 1.26. The maximum absolute atomic E-state index is 12.3. The second-order valence-corrected chi connectivity index (χ2v) is 5.70. The van der Waals surface area contributed by atoms with Crippen molar-refractivity contribution >= 4 is 17.5 Å². The number of rotatable bonds is 8. The van der Waals surface area contributed by atoms with E-state index in [0.717, 1.165) is 11.3 Å². The number of halogens is 1. The highest BCUT2D eigenvalue weighted by Crippen LogP contribution is 2.19. The van der Waals surface area contributed by atoms with Crippen LogP contribution in [0.5, 0.6) is 11.5 Å². The van der Waals surface area contributed by atoms with Gasteiger partial charge in [0.25, 0.3) is 5.91 Å². The summed E-state index contributed by atoms with van der Waals surface area (Å²) in [5, 5.41) is 3.48. The first-order chi connectivity index (χ1) is 11.6. The van der Waals surface area contributed by atoms with E-state index >= 15 is 0 Å². The van der Waals surface area contributed by atoms with Crippen LogP contribution in [0.1, 0.15) is 25.8 Å². The van der Waals surface area contributed by atoms with E-state index in [1.807, 2.05) is 38.1 Å². The molecule has 1 N–H and O–H groups in total. The first-order valence-corrected chi connectivity index (χ1v) is 8.41. The van der Waals surface area contributed by atoms with Gasteiger partial charge in [0, 0.05) is 11.6 Å². The quantitative estimate of drug-likeness (QED) is 0.778. The van der Waals surface area contributed by atoms with Gasteiger partial charge in [-0.2, -0.15) is 0 Å². The van der Waals surface area contributed by atoms with Crippen molar-refractivity contribution in [3.63, 3.8) is 0 Å². The molecular formula is C19H22ClNO3. The lowest BCUT2D eigenvalue weighted by atomic mass is 10.2. The predicted molar refractivity (Wildman–Crippen MR) is 95.6 cm³/mol. The zero-order valence-corrected chi connectivity index (χ0v) is 14.7. The Kier molecular flexibility index (Phi) is 6.94. The van der Waals surface area contributed by atoms with E-state index in [1.165, 1.54) is 0 Å². The zero-order valence-electron chi connectivity index (χ0n) is 13.9. The van der Waals surface area contributed by atoms with Crippen molar-refractivity contribution < 1.29 is 14.3 Å². The number of ether oxygens (including phenoxy) is 2. The van der Waals surface area contributed by atoms with Gasteiger partial charge in [0.2, 0.25) is 0 Å². The average molecular weight is 348 g/mol. The molecule has 1 unspecified atom stereocenters. The van der Waals surface area contributed by atoms with E-state index in [-0.39, 0.29) is 5.91 Å². The summed E-state index contributed by atoms with van der Waals surface area (Å²) in [7, 11) is 0. The number of hydrogen-bond acceptors (Lipinski definition) is 3. The third kappa shape index (κ3) is 5.46. The molecule has 0 fully saturated rings. The molecule has 0 saturated heterocycles. The summed E-state index contributed by atoms with van der Waals surface area (Å²) < 4.78 is 11.1. The molecule has 128 valence electrons. The van der Waals surface area contributed by atoms with Gasteiger partial charge in [-0.3, -0.25) is 4.79 Å². The van der Waals surface area contributed by atoms with Crippen molar-refractivity contribution in [3.05, 3.63) is 59.1 Å². The highest BCUT2D eigenvalue weighted by Gasteiger charge is 2.18. The van der Waals surface area contributed by atoms with E-state index in [0.29, 0.717) is 30.3 Å². The third-order valence-electron chi connectivity index (χ3n) is 3.44. The van der Waals surface area contributed by atoms with Crippen LogP contribution in [0.3, 0.4) is 0 Å². The molecule has 0 radical (unpaired) electrons. The minimum absolute atomic E-state index is 0.147. The molecule has 0 heterocycles. The van der Waals surface area contributed by atoms with Gasteiger partial charge in [-0.05, 0) is 49.2 Å². The fourth-order valence-electron chi connectivity index (χ4n) is 2.20. The molecule has 24 heavy (non-hydrogen) atoms. The number of hydrogen-bond donors (Lipinski definition) is 1. The van der Waals surface area contributed by atoms with Crippen molar-refractivity contribution in [2.45, 2.75) is 32.9 Å². The molecule has 0 aromatic heterocycles. The van der Waals surface area contributed by atoms with Crippen LogP contribution in [0.25, 0.3) is 0 Å². The zero-order chi connectivity index (χ0) is 17.4. The molecule has 0 saturated carbocycles. The lowest BCUT2D eigenvalue weighted by Gasteiger charge is -2.17. The monoisotopic (exact) mass is 347 g/mol. The Morgan fingerprint density at radius 2 is 1.88 bits per heavy atom. The van der Waals surface area contributed by atoms with Gasteiger partial charge in [0.05, 0.1) is 6.61 Å². The fraction of sp³-hybridized carbons (Fsp3) is 0.316. The smallest absolute Gasteiger partial charge is 0.261 e. The van der Waals surface area contributed by atoms with E-state index < -0.39 is 6.10 Å². The van der Waals surface area contributed by atoms with Crippen molar-refractivity contribution in [2.24, 2.45) is 0 Å². The van der Waals surface area contributed by atoms with Crippen LogP contribution in [0.4, 0.5) is 0 Å². The molecule has 2 aromatic carbocycles. The highest BCUT2D eigenvalue weighted by molar-refractivity contribution is 6.30. The fourth-order valence-corrected chi connectivity index (χ4v) is 2.38. The summed E-state index contributed by atoms with van der Waals surface area (Å²) in [6.45, 7) is 4.93. The number of benzene rings is 2. The molecule has 5 heteroatoms. The molecule has 0 aliphatic heterocycles. The third-order valence-corrected chi connectivity index (χ3v) is 3.67. The van der Waals surface area contributed by atoms with Crippen LogP contribution in [-0.2, 0) is 11.3 Å². The SMILES string of the molecule is CCOc1ccc(CNC(=O)C(CC)Oc2cccc(Cl)c2)cc1. The topological polar surface area (TPSA) is 47.6 Å². The maximum Gasteiger partial charge on any atom is 0.261 e. The summed E-state index contributed by atoms with van der Waals surface area (Å²) in [6.07, 6.45) is 0.0212. The maximum atomic E-state index is 12.3.